The minimum Gasteiger partial charge on any atom is -0.396 e. The largest absolute Gasteiger partial charge is 0.396 e. The summed E-state index contributed by atoms with van der Waals surface area (Å²) in [6.07, 6.45) is 1.98. The summed E-state index contributed by atoms with van der Waals surface area (Å²) in [7, 11) is 0. The maximum absolute atomic E-state index is 9.35. The summed E-state index contributed by atoms with van der Waals surface area (Å²) >= 11 is 0. The van der Waals surface area contributed by atoms with E-state index in [-0.39, 0.29) is 18.6 Å². The van der Waals surface area contributed by atoms with Gasteiger partial charge in [0, 0.05) is 13.2 Å². The highest BCUT2D eigenvalue weighted by Gasteiger charge is 2.70. The minimum absolute atomic E-state index is 0.238. The second-order valence-corrected chi connectivity index (χ2v) is 8.03. The van der Waals surface area contributed by atoms with E-state index in [1.54, 1.807) is 0 Å². The normalized spacial score (nSPS) is 46.5. The molecule has 2 N–H and O–H groups in total. The van der Waals surface area contributed by atoms with Crippen molar-refractivity contribution in [3.8, 4) is 0 Å². The Hall–Kier alpha value is -0.200. The molecule has 22 heavy (non-hydrogen) atoms. The molecule has 6 atom stereocenters. The second kappa shape index (κ2) is 6.02. The fourth-order valence-electron chi connectivity index (χ4n) is 4.59. The highest BCUT2D eigenvalue weighted by atomic mass is 16.6. The van der Waals surface area contributed by atoms with Gasteiger partial charge in [-0.1, -0.05) is 20.8 Å². The molecule has 0 aromatic heterocycles. The summed E-state index contributed by atoms with van der Waals surface area (Å²) in [6.45, 7) is 10.6. The Morgan fingerprint density at radius 3 is 1.86 bits per heavy atom. The molecule has 2 aliphatic heterocycles. The van der Waals surface area contributed by atoms with Crippen LogP contribution < -0.4 is 0 Å². The Kier molecular flexibility index (Phi) is 4.56. The van der Waals surface area contributed by atoms with Crippen LogP contribution >= 0.6 is 0 Å². The summed E-state index contributed by atoms with van der Waals surface area (Å²) in [5, 5.41) is 18.7. The van der Waals surface area contributed by atoms with Gasteiger partial charge in [0.15, 0.2) is 0 Å². The number of hydrogen-bond acceptors (Lipinski definition) is 5. The van der Waals surface area contributed by atoms with E-state index in [4.69, 9.17) is 14.2 Å². The van der Waals surface area contributed by atoms with Gasteiger partial charge in [-0.2, -0.15) is 0 Å². The van der Waals surface area contributed by atoms with Gasteiger partial charge in [0.2, 0.25) is 0 Å². The van der Waals surface area contributed by atoms with Crippen LogP contribution in [-0.4, -0.2) is 62.1 Å². The van der Waals surface area contributed by atoms with Gasteiger partial charge in [0.1, 0.15) is 12.2 Å². The lowest BCUT2D eigenvalue weighted by atomic mass is 9.50. The molecule has 5 fully saturated rings. The zero-order chi connectivity index (χ0) is 16.0. The molecular weight excluding hydrogens is 284 g/mol. The lowest BCUT2D eigenvalue weighted by Gasteiger charge is -2.54. The Morgan fingerprint density at radius 1 is 1.00 bits per heavy atom. The van der Waals surface area contributed by atoms with E-state index in [9.17, 15) is 10.2 Å². The molecule has 5 rings (SSSR count). The fourth-order valence-corrected chi connectivity index (χ4v) is 4.59. The summed E-state index contributed by atoms with van der Waals surface area (Å²) < 4.78 is 15.1. The van der Waals surface area contributed by atoms with Gasteiger partial charge in [-0.3, -0.25) is 0 Å². The lowest BCUT2D eigenvalue weighted by Crippen LogP contribution is -2.48. The van der Waals surface area contributed by atoms with Crippen LogP contribution in [-0.2, 0) is 14.2 Å². The van der Waals surface area contributed by atoms with Crippen molar-refractivity contribution in [3.05, 3.63) is 0 Å². The van der Waals surface area contributed by atoms with E-state index in [0.29, 0.717) is 35.4 Å². The standard InChI is InChI=1S/C11H20O2.C6H10O3/c1-10(2)8-4-11(10,3)9(6-13)7(8)5-12;1(5-3-8-5)7-2-6-4-9-6/h7-9,12-13H,4-6H2,1-3H3;5-6H,1-4H2. The van der Waals surface area contributed by atoms with Crippen molar-refractivity contribution in [2.75, 3.05) is 39.6 Å². The number of fused-ring (bicyclic) bond motifs is 1. The van der Waals surface area contributed by atoms with Crippen LogP contribution in [0.15, 0.2) is 0 Å². The van der Waals surface area contributed by atoms with Crippen LogP contribution in [0.5, 0.6) is 0 Å². The summed E-state index contributed by atoms with van der Waals surface area (Å²) in [5.41, 5.74) is 0.577. The first kappa shape index (κ1) is 16.7. The van der Waals surface area contributed by atoms with Crippen molar-refractivity contribution in [1.29, 1.82) is 0 Å². The molecule has 0 aromatic rings. The molecule has 6 unspecified atom stereocenters. The SMILES string of the molecule is C(OCC1CO1)C1CO1.CC1(C)C2CC1(C)C(CO)C2CO. The third-order valence-electron chi connectivity index (χ3n) is 6.71. The molecular formula is C17H30O5. The molecule has 3 saturated carbocycles. The summed E-state index contributed by atoms with van der Waals surface area (Å²) in [5.74, 6) is 1.28. The predicted molar refractivity (Wildman–Crippen MR) is 81.4 cm³/mol. The van der Waals surface area contributed by atoms with Crippen molar-refractivity contribution in [1.82, 2.24) is 0 Å². The molecule has 2 bridgehead atoms. The maximum atomic E-state index is 9.35. The highest BCUT2D eigenvalue weighted by Crippen LogP contribution is 2.74. The molecule has 2 heterocycles. The molecule has 0 amide bonds. The van der Waals surface area contributed by atoms with Crippen LogP contribution in [0.3, 0.4) is 0 Å². The molecule has 5 heteroatoms. The lowest BCUT2D eigenvalue weighted by molar-refractivity contribution is -0.0691. The van der Waals surface area contributed by atoms with Gasteiger partial charge in [-0.05, 0) is 35.0 Å². The number of rotatable bonds is 6. The van der Waals surface area contributed by atoms with E-state index >= 15 is 0 Å². The number of aliphatic hydroxyl groups is 2. The van der Waals surface area contributed by atoms with Crippen molar-refractivity contribution >= 4 is 0 Å². The zero-order valence-corrected chi connectivity index (χ0v) is 14.0. The van der Waals surface area contributed by atoms with Crippen LogP contribution in [0.25, 0.3) is 0 Å². The third-order valence-corrected chi connectivity index (χ3v) is 6.71. The fraction of sp³-hybridized carbons (Fsp3) is 1.00. The van der Waals surface area contributed by atoms with Gasteiger partial charge < -0.3 is 24.4 Å². The molecule has 0 radical (unpaired) electrons. The molecule has 5 nitrogen and oxygen atoms in total. The van der Waals surface area contributed by atoms with Crippen LogP contribution in [0.2, 0.25) is 0 Å². The number of epoxide rings is 2. The van der Waals surface area contributed by atoms with Crippen LogP contribution in [0, 0.1) is 28.6 Å². The third kappa shape index (κ3) is 2.82. The van der Waals surface area contributed by atoms with Crippen LogP contribution in [0.1, 0.15) is 27.2 Å². The van der Waals surface area contributed by atoms with Gasteiger partial charge in [-0.25, -0.2) is 0 Å². The van der Waals surface area contributed by atoms with Crippen molar-refractivity contribution in [2.24, 2.45) is 28.6 Å². The molecule has 2 saturated heterocycles. The van der Waals surface area contributed by atoms with Gasteiger partial charge in [0.25, 0.3) is 0 Å². The van der Waals surface area contributed by atoms with E-state index in [2.05, 4.69) is 20.8 Å². The zero-order valence-electron chi connectivity index (χ0n) is 14.0. The van der Waals surface area contributed by atoms with Crippen molar-refractivity contribution in [2.45, 2.75) is 39.4 Å². The van der Waals surface area contributed by atoms with Crippen LogP contribution in [0.4, 0.5) is 0 Å². The van der Waals surface area contributed by atoms with Gasteiger partial charge >= 0.3 is 0 Å². The second-order valence-electron chi connectivity index (χ2n) is 8.03. The first-order chi connectivity index (χ1) is 10.4. The Bertz CT molecular complexity index is 379. The summed E-state index contributed by atoms with van der Waals surface area (Å²) in [6, 6.07) is 0. The predicted octanol–water partition coefficient (Wildman–Crippen LogP) is 1.07. The smallest absolute Gasteiger partial charge is 0.104 e. The topological polar surface area (TPSA) is 74.8 Å². The Balaban J connectivity index is 0.000000139. The Morgan fingerprint density at radius 2 is 1.55 bits per heavy atom. The first-order valence-corrected chi connectivity index (χ1v) is 8.46. The molecule has 0 spiro atoms. The monoisotopic (exact) mass is 314 g/mol. The number of aliphatic hydroxyl groups excluding tert-OH is 2. The van der Waals surface area contributed by atoms with Gasteiger partial charge in [0.05, 0.1) is 26.4 Å². The van der Waals surface area contributed by atoms with E-state index in [0.717, 1.165) is 26.4 Å². The molecule has 128 valence electrons. The van der Waals surface area contributed by atoms with Gasteiger partial charge in [-0.15, -0.1) is 0 Å². The minimum atomic E-state index is 0.238. The highest BCUT2D eigenvalue weighted by molar-refractivity contribution is 5.18. The first-order valence-electron chi connectivity index (χ1n) is 8.46. The van der Waals surface area contributed by atoms with Crippen molar-refractivity contribution in [3.63, 3.8) is 0 Å². The quantitative estimate of drug-likeness (QED) is 0.717. The van der Waals surface area contributed by atoms with Crippen molar-refractivity contribution < 1.29 is 24.4 Å². The van der Waals surface area contributed by atoms with E-state index < -0.39 is 0 Å². The van der Waals surface area contributed by atoms with E-state index in [1.165, 1.54) is 6.42 Å². The average Bonchev–Trinajstić information content (AvgIpc) is 3.40. The molecule has 5 aliphatic rings. The molecule has 3 aliphatic carbocycles. The van der Waals surface area contributed by atoms with E-state index in [1.807, 2.05) is 0 Å². The number of ether oxygens (including phenoxy) is 3. The average molecular weight is 314 g/mol. The maximum Gasteiger partial charge on any atom is 0.104 e. The number of hydrogen-bond donors (Lipinski definition) is 2. The Labute approximate surface area is 132 Å². The molecule has 0 aromatic carbocycles. The summed E-state index contributed by atoms with van der Waals surface area (Å²) in [4.78, 5) is 0.